The molecule has 0 radical (unpaired) electrons. The van der Waals surface area contributed by atoms with Crippen molar-refractivity contribution in [1.29, 1.82) is 5.26 Å². The Morgan fingerprint density at radius 3 is 2.89 bits per heavy atom. The first-order valence-corrected chi connectivity index (χ1v) is 5.94. The Hall–Kier alpha value is -1.93. The van der Waals surface area contributed by atoms with Crippen molar-refractivity contribution in [2.75, 3.05) is 0 Å². The molecule has 2 rings (SSSR count). The van der Waals surface area contributed by atoms with Gasteiger partial charge in [-0.1, -0.05) is 0 Å². The van der Waals surface area contributed by atoms with Crippen molar-refractivity contribution in [3.63, 3.8) is 0 Å². The number of benzene rings is 1. The van der Waals surface area contributed by atoms with Crippen LogP contribution in [0.5, 0.6) is 0 Å². The number of halogens is 2. The van der Waals surface area contributed by atoms with Gasteiger partial charge in [0.1, 0.15) is 5.82 Å². The summed E-state index contributed by atoms with van der Waals surface area (Å²) in [5.41, 5.74) is 0.625. The Morgan fingerprint density at radius 1 is 1.39 bits per heavy atom. The fourth-order valence-corrected chi connectivity index (χ4v) is 2.02. The Kier molecular flexibility index (Phi) is 3.58. The van der Waals surface area contributed by atoms with E-state index in [9.17, 15) is 9.18 Å². The summed E-state index contributed by atoms with van der Waals surface area (Å²) in [4.78, 5) is 11.8. The van der Waals surface area contributed by atoms with Crippen molar-refractivity contribution in [3.05, 3.63) is 68.3 Å². The monoisotopic (exact) mass is 306 g/mol. The van der Waals surface area contributed by atoms with Crippen molar-refractivity contribution in [2.24, 2.45) is 0 Å². The second kappa shape index (κ2) is 5.15. The zero-order chi connectivity index (χ0) is 13.1. The first-order valence-electron chi connectivity index (χ1n) is 5.14. The molecule has 0 saturated heterocycles. The third kappa shape index (κ3) is 2.66. The molecule has 2 aromatic rings. The molecule has 0 unspecified atom stereocenters. The number of nitriles is 1. The van der Waals surface area contributed by atoms with Gasteiger partial charge in [0.15, 0.2) is 0 Å². The number of aromatic nitrogens is 1. The molecule has 0 spiro atoms. The van der Waals surface area contributed by atoms with Crippen molar-refractivity contribution in [2.45, 2.75) is 6.54 Å². The van der Waals surface area contributed by atoms with Crippen molar-refractivity contribution in [1.82, 2.24) is 4.57 Å². The van der Waals surface area contributed by atoms with Crippen molar-refractivity contribution in [3.8, 4) is 6.07 Å². The maximum absolute atomic E-state index is 13.2. The van der Waals surface area contributed by atoms with Gasteiger partial charge in [-0.25, -0.2) is 4.39 Å². The standard InChI is InChI=1S/C13H8BrFN2O/c14-12-2-1-3-17(13(12)18)8-10-4-9(7-16)5-11(15)6-10/h1-6H,8H2. The van der Waals surface area contributed by atoms with E-state index in [0.29, 0.717) is 10.0 Å². The lowest BCUT2D eigenvalue weighted by Gasteiger charge is -2.06. The van der Waals surface area contributed by atoms with E-state index < -0.39 is 5.82 Å². The summed E-state index contributed by atoms with van der Waals surface area (Å²) in [5, 5.41) is 8.76. The van der Waals surface area contributed by atoms with Crippen LogP contribution in [0.4, 0.5) is 4.39 Å². The molecule has 0 aliphatic heterocycles. The maximum Gasteiger partial charge on any atom is 0.265 e. The van der Waals surface area contributed by atoms with E-state index in [1.165, 1.54) is 10.6 Å². The largest absolute Gasteiger partial charge is 0.310 e. The highest BCUT2D eigenvalue weighted by Gasteiger charge is 2.04. The van der Waals surface area contributed by atoms with Gasteiger partial charge in [-0.3, -0.25) is 4.79 Å². The van der Waals surface area contributed by atoms with Gasteiger partial charge in [0.25, 0.3) is 5.56 Å². The zero-order valence-corrected chi connectivity index (χ0v) is 10.8. The van der Waals surface area contributed by atoms with Gasteiger partial charge in [0.05, 0.1) is 22.7 Å². The zero-order valence-electron chi connectivity index (χ0n) is 9.23. The molecule has 1 aromatic heterocycles. The van der Waals surface area contributed by atoms with Crippen LogP contribution in [-0.4, -0.2) is 4.57 Å². The lowest BCUT2D eigenvalue weighted by molar-refractivity contribution is 0.622. The minimum absolute atomic E-state index is 0.194. The van der Waals surface area contributed by atoms with Crippen molar-refractivity contribution >= 4 is 15.9 Å². The molecule has 0 aliphatic rings. The van der Waals surface area contributed by atoms with E-state index in [1.54, 1.807) is 24.4 Å². The van der Waals surface area contributed by atoms with Crippen LogP contribution >= 0.6 is 15.9 Å². The number of rotatable bonds is 2. The van der Waals surface area contributed by atoms with Crippen LogP contribution in [0.1, 0.15) is 11.1 Å². The first-order chi connectivity index (χ1) is 8.60. The highest BCUT2D eigenvalue weighted by atomic mass is 79.9. The predicted octanol–water partition coefficient (Wildman–Crippen LogP) is 2.67. The van der Waals surface area contributed by atoms with E-state index in [-0.39, 0.29) is 17.7 Å². The normalized spacial score (nSPS) is 10.1. The van der Waals surface area contributed by atoms with Crippen LogP contribution in [0.25, 0.3) is 0 Å². The minimum Gasteiger partial charge on any atom is -0.310 e. The van der Waals surface area contributed by atoms with Crippen LogP contribution in [0.15, 0.2) is 45.8 Å². The van der Waals surface area contributed by atoms with Gasteiger partial charge >= 0.3 is 0 Å². The van der Waals surface area contributed by atoms with E-state index in [1.807, 2.05) is 6.07 Å². The molecule has 0 bridgehead atoms. The van der Waals surface area contributed by atoms with E-state index in [2.05, 4.69) is 15.9 Å². The highest BCUT2D eigenvalue weighted by Crippen LogP contribution is 2.10. The summed E-state index contributed by atoms with van der Waals surface area (Å²) in [6.07, 6.45) is 1.62. The molecule has 0 fully saturated rings. The van der Waals surface area contributed by atoms with E-state index in [0.717, 1.165) is 6.07 Å². The average molecular weight is 307 g/mol. The van der Waals surface area contributed by atoms with Gasteiger partial charge in [0.2, 0.25) is 0 Å². The van der Waals surface area contributed by atoms with E-state index >= 15 is 0 Å². The third-order valence-electron chi connectivity index (χ3n) is 2.41. The number of hydrogen-bond acceptors (Lipinski definition) is 2. The Morgan fingerprint density at radius 2 is 2.17 bits per heavy atom. The highest BCUT2D eigenvalue weighted by molar-refractivity contribution is 9.10. The molecule has 0 saturated carbocycles. The summed E-state index contributed by atoms with van der Waals surface area (Å²) in [6, 6.07) is 9.29. The van der Waals surface area contributed by atoms with Gasteiger partial charge < -0.3 is 4.57 Å². The van der Waals surface area contributed by atoms with Crippen LogP contribution in [-0.2, 0) is 6.54 Å². The Bertz CT molecular complexity index is 688. The van der Waals surface area contributed by atoms with Crippen molar-refractivity contribution < 1.29 is 4.39 Å². The molecule has 0 aliphatic carbocycles. The van der Waals surface area contributed by atoms with Gasteiger partial charge in [-0.05, 0) is 51.8 Å². The molecule has 0 N–H and O–H groups in total. The molecule has 0 amide bonds. The smallest absolute Gasteiger partial charge is 0.265 e. The van der Waals surface area contributed by atoms with Crippen LogP contribution in [0, 0.1) is 17.1 Å². The van der Waals surface area contributed by atoms with Crippen LogP contribution in [0.2, 0.25) is 0 Å². The maximum atomic E-state index is 13.2. The van der Waals surface area contributed by atoms with E-state index in [4.69, 9.17) is 5.26 Å². The lowest BCUT2D eigenvalue weighted by atomic mass is 10.1. The van der Waals surface area contributed by atoms with Gasteiger partial charge in [-0.15, -0.1) is 0 Å². The van der Waals surface area contributed by atoms with Crippen LogP contribution in [0.3, 0.4) is 0 Å². The third-order valence-corrected chi connectivity index (χ3v) is 3.02. The fourth-order valence-electron chi connectivity index (χ4n) is 1.64. The summed E-state index contributed by atoms with van der Waals surface area (Å²) >= 11 is 3.14. The second-order valence-electron chi connectivity index (χ2n) is 3.75. The molecular weight excluding hydrogens is 299 g/mol. The quantitative estimate of drug-likeness (QED) is 0.856. The molecule has 3 nitrogen and oxygen atoms in total. The Balaban J connectivity index is 2.41. The molecule has 18 heavy (non-hydrogen) atoms. The summed E-state index contributed by atoms with van der Waals surface area (Å²) in [6.45, 7) is 0.227. The summed E-state index contributed by atoms with van der Waals surface area (Å²) in [7, 11) is 0. The number of nitrogens with zero attached hydrogens (tertiary/aromatic N) is 2. The minimum atomic E-state index is -0.480. The number of hydrogen-bond donors (Lipinski definition) is 0. The SMILES string of the molecule is N#Cc1cc(F)cc(Cn2cccc(Br)c2=O)c1. The summed E-state index contributed by atoms with van der Waals surface area (Å²) in [5.74, 6) is -0.480. The molecule has 1 aromatic carbocycles. The fraction of sp³-hybridized carbons (Fsp3) is 0.0769. The molecule has 0 atom stereocenters. The Labute approximate surface area is 111 Å². The number of pyridine rings is 1. The molecule has 1 heterocycles. The topological polar surface area (TPSA) is 45.8 Å². The van der Waals surface area contributed by atoms with Crippen LogP contribution < -0.4 is 5.56 Å². The van der Waals surface area contributed by atoms with Gasteiger partial charge in [0, 0.05) is 6.20 Å². The molecule has 90 valence electrons. The second-order valence-corrected chi connectivity index (χ2v) is 4.60. The lowest BCUT2D eigenvalue weighted by Crippen LogP contribution is -2.20. The molecule has 5 heteroatoms. The van der Waals surface area contributed by atoms with Gasteiger partial charge in [-0.2, -0.15) is 5.26 Å². The predicted molar refractivity (Wildman–Crippen MR) is 68.6 cm³/mol. The summed E-state index contributed by atoms with van der Waals surface area (Å²) < 4.78 is 15.1. The molecular formula is C13H8BrFN2O. The average Bonchev–Trinajstić information content (AvgIpc) is 2.34. The first kappa shape index (κ1) is 12.5.